The Morgan fingerprint density at radius 2 is 2.00 bits per heavy atom. The smallest absolute Gasteiger partial charge is 0.137 e. The number of nitrogens with one attached hydrogen (secondary N) is 1. The van der Waals surface area contributed by atoms with E-state index in [2.05, 4.69) is 29.1 Å². The molecule has 90 valence electrons. The van der Waals surface area contributed by atoms with Crippen molar-refractivity contribution >= 4 is 16.7 Å². The van der Waals surface area contributed by atoms with E-state index in [1.54, 1.807) is 6.33 Å². The van der Waals surface area contributed by atoms with Gasteiger partial charge in [0, 0.05) is 10.9 Å². The molecular weight excluding hydrogens is 212 g/mol. The molecule has 0 atom stereocenters. The van der Waals surface area contributed by atoms with E-state index in [9.17, 15) is 0 Å². The Hall–Kier alpha value is -1.68. The van der Waals surface area contributed by atoms with Crippen molar-refractivity contribution in [3.8, 4) is 0 Å². The predicted molar refractivity (Wildman–Crippen MR) is 70.9 cm³/mol. The summed E-state index contributed by atoms with van der Waals surface area (Å²) in [4.78, 5) is 8.55. The standard InChI is InChI=1S/C13H18N4/c1-13(2,7-8-14)17-12-10-5-3-4-6-11(10)15-9-16-12/h3-6,9H,7-8,14H2,1-2H3,(H,15,16,17). The van der Waals surface area contributed by atoms with Crippen molar-refractivity contribution in [1.82, 2.24) is 9.97 Å². The van der Waals surface area contributed by atoms with Gasteiger partial charge in [0.15, 0.2) is 0 Å². The Morgan fingerprint density at radius 3 is 2.76 bits per heavy atom. The molecule has 1 aromatic carbocycles. The minimum absolute atomic E-state index is 0.0636. The minimum Gasteiger partial charge on any atom is -0.365 e. The number of nitrogens with two attached hydrogens (primary N) is 1. The molecule has 0 unspecified atom stereocenters. The Bertz CT molecular complexity index is 502. The van der Waals surface area contributed by atoms with Crippen LogP contribution in [-0.4, -0.2) is 22.1 Å². The van der Waals surface area contributed by atoms with E-state index in [1.807, 2.05) is 24.3 Å². The zero-order valence-electron chi connectivity index (χ0n) is 10.3. The number of para-hydroxylation sites is 1. The third-order valence-corrected chi connectivity index (χ3v) is 2.77. The fourth-order valence-electron chi connectivity index (χ4n) is 1.85. The molecule has 0 amide bonds. The lowest BCUT2D eigenvalue weighted by Crippen LogP contribution is -2.33. The van der Waals surface area contributed by atoms with Crippen LogP contribution in [0.3, 0.4) is 0 Å². The third-order valence-electron chi connectivity index (χ3n) is 2.77. The fourth-order valence-corrected chi connectivity index (χ4v) is 1.85. The van der Waals surface area contributed by atoms with E-state index in [4.69, 9.17) is 5.73 Å². The Balaban J connectivity index is 2.36. The second kappa shape index (κ2) is 4.67. The number of anilines is 1. The van der Waals surface area contributed by atoms with Gasteiger partial charge in [0.05, 0.1) is 5.52 Å². The molecule has 1 aromatic heterocycles. The fraction of sp³-hybridized carbons (Fsp3) is 0.385. The SMILES string of the molecule is CC(C)(CCN)Nc1ncnc2ccccc12. The summed E-state index contributed by atoms with van der Waals surface area (Å²) in [6.45, 7) is 4.90. The average Bonchev–Trinajstić information content (AvgIpc) is 2.29. The lowest BCUT2D eigenvalue weighted by molar-refractivity contribution is 0.525. The summed E-state index contributed by atoms with van der Waals surface area (Å²) < 4.78 is 0. The van der Waals surface area contributed by atoms with Crippen LogP contribution in [0.1, 0.15) is 20.3 Å². The van der Waals surface area contributed by atoms with Crippen molar-refractivity contribution in [2.75, 3.05) is 11.9 Å². The van der Waals surface area contributed by atoms with Crippen molar-refractivity contribution in [2.45, 2.75) is 25.8 Å². The van der Waals surface area contributed by atoms with E-state index in [-0.39, 0.29) is 5.54 Å². The van der Waals surface area contributed by atoms with Crippen LogP contribution in [0.2, 0.25) is 0 Å². The van der Waals surface area contributed by atoms with Gasteiger partial charge in [-0.2, -0.15) is 0 Å². The third kappa shape index (κ3) is 2.71. The first-order chi connectivity index (χ1) is 8.12. The summed E-state index contributed by atoms with van der Waals surface area (Å²) in [7, 11) is 0. The van der Waals surface area contributed by atoms with E-state index in [0.717, 1.165) is 23.1 Å². The van der Waals surface area contributed by atoms with Crippen LogP contribution in [0.4, 0.5) is 5.82 Å². The van der Waals surface area contributed by atoms with Gasteiger partial charge in [0.1, 0.15) is 12.1 Å². The van der Waals surface area contributed by atoms with Gasteiger partial charge in [-0.15, -0.1) is 0 Å². The van der Waals surface area contributed by atoms with Crippen LogP contribution in [-0.2, 0) is 0 Å². The molecule has 0 saturated heterocycles. The highest BCUT2D eigenvalue weighted by Gasteiger charge is 2.17. The Morgan fingerprint density at radius 1 is 1.24 bits per heavy atom. The maximum absolute atomic E-state index is 5.61. The van der Waals surface area contributed by atoms with Crippen molar-refractivity contribution in [3.63, 3.8) is 0 Å². The zero-order valence-corrected chi connectivity index (χ0v) is 10.3. The van der Waals surface area contributed by atoms with Crippen LogP contribution >= 0.6 is 0 Å². The average molecular weight is 230 g/mol. The molecule has 3 N–H and O–H groups in total. The van der Waals surface area contributed by atoms with Gasteiger partial charge in [-0.1, -0.05) is 12.1 Å². The van der Waals surface area contributed by atoms with Crippen molar-refractivity contribution in [3.05, 3.63) is 30.6 Å². The van der Waals surface area contributed by atoms with Gasteiger partial charge in [-0.05, 0) is 38.9 Å². The number of rotatable bonds is 4. The molecule has 0 aliphatic rings. The van der Waals surface area contributed by atoms with Crippen molar-refractivity contribution in [1.29, 1.82) is 0 Å². The summed E-state index contributed by atoms with van der Waals surface area (Å²) in [6.07, 6.45) is 2.48. The summed E-state index contributed by atoms with van der Waals surface area (Å²) in [5.74, 6) is 0.869. The topological polar surface area (TPSA) is 63.8 Å². The molecule has 0 saturated carbocycles. The molecule has 17 heavy (non-hydrogen) atoms. The molecule has 0 radical (unpaired) electrons. The van der Waals surface area contributed by atoms with Gasteiger partial charge in [-0.3, -0.25) is 0 Å². The van der Waals surface area contributed by atoms with Gasteiger partial charge in [-0.25, -0.2) is 9.97 Å². The minimum atomic E-state index is -0.0636. The number of fused-ring (bicyclic) bond motifs is 1. The van der Waals surface area contributed by atoms with E-state index < -0.39 is 0 Å². The summed E-state index contributed by atoms with van der Waals surface area (Å²) in [5, 5.41) is 4.47. The van der Waals surface area contributed by atoms with Crippen LogP contribution in [0.5, 0.6) is 0 Å². The first-order valence-corrected chi connectivity index (χ1v) is 5.80. The molecule has 0 fully saturated rings. The van der Waals surface area contributed by atoms with Gasteiger partial charge < -0.3 is 11.1 Å². The molecule has 0 bridgehead atoms. The summed E-state index contributed by atoms with van der Waals surface area (Å²) in [6, 6.07) is 7.98. The highest BCUT2D eigenvalue weighted by atomic mass is 15.1. The number of aromatic nitrogens is 2. The molecule has 0 aliphatic carbocycles. The van der Waals surface area contributed by atoms with Crippen molar-refractivity contribution < 1.29 is 0 Å². The first-order valence-electron chi connectivity index (χ1n) is 5.80. The zero-order chi connectivity index (χ0) is 12.3. The molecular formula is C13H18N4. The molecule has 2 aromatic rings. The first kappa shape index (κ1) is 11.8. The van der Waals surface area contributed by atoms with Crippen molar-refractivity contribution in [2.24, 2.45) is 5.73 Å². The van der Waals surface area contributed by atoms with E-state index >= 15 is 0 Å². The van der Waals surface area contributed by atoms with Crippen LogP contribution < -0.4 is 11.1 Å². The van der Waals surface area contributed by atoms with Crippen LogP contribution in [0.15, 0.2) is 30.6 Å². The van der Waals surface area contributed by atoms with Gasteiger partial charge in [0.25, 0.3) is 0 Å². The maximum Gasteiger partial charge on any atom is 0.137 e. The number of nitrogens with zero attached hydrogens (tertiary/aromatic N) is 2. The molecule has 1 heterocycles. The highest BCUT2D eigenvalue weighted by molar-refractivity contribution is 5.88. The monoisotopic (exact) mass is 230 g/mol. The molecule has 2 rings (SSSR count). The molecule has 4 heteroatoms. The lowest BCUT2D eigenvalue weighted by Gasteiger charge is -2.26. The largest absolute Gasteiger partial charge is 0.365 e. The lowest BCUT2D eigenvalue weighted by atomic mass is 10.0. The highest BCUT2D eigenvalue weighted by Crippen LogP contribution is 2.22. The predicted octanol–water partition coefficient (Wildman–Crippen LogP) is 2.17. The maximum atomic E-state index is 5.61. The second-order valence-electron chi connectivity index (χ2n) is 4.79. The summed E-state index contributed by atoms with van der Waals surface area (Å²) in [5.41, 5.74) is 6.50. The number of benzene rings is 1. The molecule has 0 spiro atoms. The Labute approximate surface area is 101 Å². The van der Waals surface area contributed by atoms with Crippen LogP contribution in [0, 0.1) is 0 Å². The summed E-state index contributed by atoms with van der Waals surface area (Å²) >= 11 is 0. The van der Waals surface area contributed by atoms with E-state index in [1.165, 1.54) is 0 Å². The molecule has 0 aliphatic heterocycles. The quantitative estimate of drug-likeness (QED) is 0.845. The second-order valence-corrected chi connectivity index (χ2v) is 4.79. The normalized spacial score (nSPS) is 11.7. The Kier molecular flexibility index (Phi) is 3.24. The number of hydrogen-bond donors (Lipinski definition) is 2. The van der Waals surface area contributed by atoms with Crippen LogP contribution in [0.25, 0.3) is 10.9 Å². The van der Waals surface area contributed by atoms with Gasteiger partial charge >= 0.3 is 0 Å². The van der Waals surface area contributed by atoms with E-state index in [0.29, 0.717) is 6.54 Å². The number of hydrogen-bond acceptors (Lipinski definition) is 4. The van der Waals surface area contributed by atoms with Gasteiger partial charge in [0.2, 0.25) is 0 Å². The molecule has 4 nitrogen and oxygen atoms in total.